The van der Waals surface area contributed by atoms with E-state index in [4.69, 9.17) is 0 Å². The van der Waals surface area contributed by atoms with E-state index in [0.29, 0.717) is 12.0 Å². The third-order valence-corrected chi connectivity index (χ3v) is 2.55. The molecule has 1 aromatic rings. The standard InChI is InChI=1S/C14H21NO/c1-11(2)9-15(12(3)4)14-7-5-13(10-16)6-8-14/h5-8,10-12H,9H2,1-4H3. The van der Waals surface area contributed by atoms with Gasteiger partial charge in [-0.3, -0.25) is 4.79 Å². The topological polar surface area (TPSA) is 20.3 Å². The van der Waals surface area contributed by atoms with E-state index < -0.39 is 0 Å². The van der Waals surface area contributed by atoms with Crippen LogP contribution in [0.3, 0.4) is 0 Å². The summed E-state index contributed by atoms with van der Waals surface area (Å²) in [6, 6.07) is 8.26. The predicted octanol–water partition coefficient (Wildman–Crippen LogP) is 3.37. The molecule has 0 atom stereocenters. The molecular weight excluding hydrogens is 198 g/mol. The Morgan fingerprint density at radius 2 is 1.69 bits per heavy atom. The lowest BCUT2D eigenvalue weighted by atomic mass is 10.1. The fraction of sp³-hybridized carbons (Fsp3) is 0.500. The van der Waals surface area contributed by atoms with Crippen LogP contribution in [-0.4, -0.2) is 18.9 Å². The first-order chi connectivity index (χ1) is 7.54. The molecule has 1 aromatic carbocycles. The van der Waals surface area contributed by atoms with Gasteiger partial charge < -0.3 is 4.90 Å². The minimum absolute atomic E-state index is 0.476. The van der Waals surface area contributed by atoms with Crippen LogP contribution in [0, 0.1) is 5.92 Å². The highest BCUT2D eigenvalue weighted by molar-refractivity contribution is 5.75. The lowest BCUT2D eigenvalue weighted by Gasteiger charge is -2.30. The van der Waals surface area contributed by atoms with Crippen molar-refractivity contribution in [1.82, 2.24) is 0 Å². The van der Waals surface area contributed by atoms with Gasteiger partial charge in [0.25, 0.3) is 0 Å². The highest BCUT2D eigenvalue weighted by Crippen LogP contribution is 2.19. The molecule has 16 heavy (non-hydrogen) atoms. The van der Waals surface area contributed by atoms with Gasteiger partial charge >= 0.3 is 0 Å². The normalized spacial score (nSPS) is 10.9. The summed E-state index contributed by atoms with van der Waals surface area (Å²) in [6.45, 7) is 9.86. The highest BCUT2D eigenvalue weighted by Gasteiger charge is 2.11. The lowest BCUT2D eigenvalue weighted by molar-refractivity contribution is 0.112. The van der Waals surface area contributed by atoms with Gasteiger partial charge in [-0.1, -0.05) is 13.8 Å². The lowest BCUT2D eigenvalue weighted by Crippen LogP contribution is -2.34. The van der Waals surface area contributed by atoms with Crippen molar-refractivity contribution in [1.29, 1.82) is 0 Å². The minimum atomic E-state index is 0.476. The molecule has 0 unspecified atom stereocenters. The summed E-state index contributed by atoms with van der Waals surface area (Å²) in [6.07, 6.45) is 0.881. The molecule has 0 saturated heterocycles. The van der Waals surface area contributed by atoms with Gasteiger partial charge in [0.2, 0.25) is 0 Å². The number of benzene rings is 1. The molecule has 0 aliphatic carbocycles. The maximum Gasteiger partial charge on any atom is 0.150 e. The molecule has 88 valence electrons. The monoisotopic (exact) mass is 219 g/mol. The van der Waals surface area contributed by atoms with Crippen LogP contribution in [0.2, 0.25) is 0 Å². The minimum Gasteiger partial charge on any atom is -0.369 e. The van der Waals surface area contributed by atoms with Crippen LogP contribution >= 0.6 is 0 Å². The summed E-state index contributed by atoms with van der Waals surface area (Å²) in [4.78, 5) is 12.9. The summed E-state index contributed by atoms with van der Waals surface area (Å²) in [5, 5.41) is 0. The second kappa shape index (κ2) is 5.69. The van der Waals surface area contributed by atoms with Crippen LogP contribution in [0.4, 0.5) is 5.69 Å². The molecule has 2 heteroatoms. The Hall–Kier alpha value is -1.31. The number of aldehydes is 1. The van der Waals surface area contributed by atoms with Crippen LogP contribution in [0.15, 0.2) is 24.3 Å². The van der Waals surface area contributed by atoms with Crippen molar-refractivity contribution in [2.24, 2.45) is 5.92 Å². The smallest absolute Gasteiger partial charge is 0.150 e. The predicted molar refractivity (Wildman–Crippen MR) is 69.1 cm³/mol. The molecule has 0 fully saturated rings. The van der Waals surface area contributed by atoms with Crippen LogP contribution in [0.25, 0.3) is 0 Å². The van der Waals surface area contributed by atoms with Gasteiger partial charge in [-0.25, -0.2) is 0 Å². The molecular formula is C14H21NO. The second-order valence-electron chi connectivity index (χ2n) is 4.85. The third kappa shape index (κ3) is 3.37. The first-order valence-corrected chi connectivity index (χ1v) is 5.86. The number of carbonyl (C=O) groups is 1. The highest BCUT2D eigenvalue weighted by atomic mass is 16.1. The summed E-state index contributed by atoms with van der Waals surface area (Å²) in [5.41, 5.74) is 1.92. The van der Waals surface area contributed by atoms with E-state index in [1.54, 1.807) is 0 Å². The zero-order valence-electron chi connectivity index (χ0n) is 10.6. The van der Waals surface area contributed by atoms with Gasteiger partial charge in [0.1, 0.15) is 6.29 Å². The van der Waals surface area contributed by atoms with Crippen molar-refractivity contribution < 1.29 is 4.79 Å². The largest absolute Gasteiger partial charge is 0.369 e. The molecule has 1 rings (SSSR count). The van der Waals surface area contributed by atoms with Gasteiger partial charge in [-0.05, 0) is 44.0 Å². The van der Waals surface area contributed by atoms with Crippen molar-refractivity contribution in [3.8, 4) is 0 Å². The molecule has 0 radical (unpaired) electrons. The van der Waals surface area contributed by atoms with Crippen LogP contribution in [0.1, 0.15) is 38.1 Å². The van der Waals surface area contributed by atoms with Gasteiger partial charge in [-0.2, -0.15) is 0 Å². The molecule has 0 bridgehead atoms. The van der Waals surface area contributed by atoms with Gasteiger partial charge in [0, 0.05) is 23.8 Å². The number of carbonyl (C=O) groups excluding carboxylic acids is 1. The van der Waals surface area contributed by atoms with Crippen molar-refractivity contribution in [3.63, 3.8) is 0 Å². The van der Waals surface area contributed by atoms with E-state index in [2.05, 4.69) is 32.6 Å². The van der Waals surface area contributed by atoms with Gasteiger partial charge in [0.15, 0.2) is 0 Å². The van der Waals surface area contributed by atoms with Crippen LogP contribution in [-0.2, 0) is 0 Å². The SMILES string of the molecule is CC(C)CN(c1ccc(C=O)cc1)C(C)C. The van der Waals surface area contributed by atoms with E-state index in [0.717, 1.165) is 18.4 Å². The van der Waals surface area contributed by atoms with Crippen molar-refractivity contribution in [3.05, 3.63) is 29.8 Å². The van der Waals surface area contributed by atoms with E-state index in [1.165, 1.54) is 5.69 Å². The van der Waals surface area contributed by atoms with Gasteiger partial charge in [-0.15, -0.1) is 0 Å². The quantitative estimate of drug-likeness (QED) is 0.708. The van der Waals surface area contributed by atoms with E-state index in [9.17, 15) is 4.79 Å². The van der Waals surface area contributed by atoms with Crippen LogP contribution in [0.5, 0.6) is 0 Å². The van der Waals surface area contributed by atoms with E-state index in [1.807, 2.05) is 24.3 Å². The van der Waals surface area contributed by atoms with Crippen molar-refractivity contribution >= 4 is 12.0 Å². The molecule has 0 saturated carbocycles. The summed E-state index contributed by atoms with van der Waals surface area (Å²) in [7, 11) is 0. The number of hydrogen-bond acceptors (Lipinski definition) is 2. The molecule has 0 heterocycles. The first-order valence-electron chi connectivity index (χ1n) is 5.86. The van der Waals surface area contributed by atoms with Crippen molar-refractivity contribution in [2.45, 2.75) is 33.7 Å². The fourth-order valence-electron chi connectivity index (χ4n) is 1.75. The molecule has 2 nitrogen and oxygen atoms in total. The number of hydrogen-bond donors (Lipinski definition) is 0. The zero-order chi connectivity index (χ0) is 12.1. The Morgan fingerprint density at radius 1 is 1.12 bits per heavy atom. The average molecular weight is 219 g/mol. The third-order valence-electron chi connectivity index (χ3n) is 2.55. The maximum absolute atomic E-state index is 10.6. The Bertz CT molecular complexity index is 327. The number of nitrogens with zero attached hydrogens (tertiary/aromatic N) is 1. The Labute approximate surface area is 98.3 Å². The molecule has 0 N–H and O–H groups in total. The first kappa shape index (κ1) is 12.8. The average Bonchev–Trinajstić information content (AvgIpc) is 2.25. The fourth-order valence-corrected chi connectivity index (χ4v) is 1.75. The van der Waals surface area contributed by atoms with E-state index in [-0.39, 0.29) is 0 Å². The number of anilines is 1. The second-order valence-corrected chi connectivity index (χ2v) is 4.85. The summed E-state index contributed by atoms with van der Waals surface area (Å²) < 4.78 is 0. The molecule has 0 amide bonds. The molecule has 0 aliphatic rings. The zero-order valence-corrected chi connectivity index (χ0v) is 10.6. The summed E-state index contributed by atoms with van der Waals surface area (Å²) >= 11 is 0. The van der Waals surface area contributed by atoms with Crippen molar-refractivity contribution in [2.75, 3.05) is 11.4 Å². The molecule has 0 aliphatic heterocycles. The molecule has 0 aromatic heterocycles. The van der Waals surface area contributed by atoms with E-state index >= 15 is 0 Å². The summed E-state index contributed by atoms with van der Waals surface area (Å²) in [5.74, 6) is 0.633. The Balaban J connectivity index is 2.88. The Kier molecular flexibility index (Phi) is 4.53. The maximum atomic E-state index is 10.6. The molecule has 0 spiro atoms. The Morgan fingerprint density at radius 3 is 2.06 bits per heavy atom. The number of rotatable bonds is 5. The van der Waals surface area contributed by atoms with Gasteiger partial charge in [0.05, 0.1) is 0 Å². The van der Waals surface area contributed by atoms with Crippen LogP contribution < -0.4 is 4.90 Å².